The standard InChI is InChI=1S/C17H14FN3O3/c18-11-5-7-12(8-6-11)20-17(24)19-9-10-21-15(22)13-3-1-2-4-14(13)16(21)23/h1-8H,9-10H2,(H2,19,20,24). The summed E-state index contributed by atoms with van der Waals surface area (Å²) in [6.45, 7) is 0.182. The van der Waals surface area contributed by atoms with Crippen LogP contribution in [0.1, 0.15) is 20.7 Å². The van der Waals surface area contributed by atoms with Gasteiger partial charge >= 0.3 is 6.03 Å². The Morgan fingerprint density at radius 2 is 1.54 bits per heavy atom. The van der Waals surface area contributed by atoms with E-state index in [2.05, 4.69) is 10.6 Å². The monoisotopic (exact) mass is 327 g/mol. The first kappa shape index (κ1) is 15.7. The molecule has 0 radical (unpaired) electrons. The van der Waals surface area contributed by atoms with Gasteiger partial charge in [-0.3, -0.25) is 14.5 Å². The minimum atomic E-state index is -0.502. The molecule has 0 aliphatic carbocycles. The van der Waals surface area contributed by atoms with E-state index in [9.17, 15) is 18.8 Å². The number of nitrogens with zero attached hydrogens (tertiary/aromatic N) is 1. The van der Waals surface area contributed by atoms with Gasteiger partial charge in [-0.2, -0.15) is 0 Å². The molecule has 1 heterocycles. The van der Waals surface area contributed by atoms with Gasteiger partial charge in [0.2, 0.25) is 0 Å². The minimum absolute atomic E-state index is 0.0726. The quantitative estimate of drug-likeness (QED) is 0.846. The van der Waals surface area contributed by atoms with Gasteiger partial charge in [0.1, 0.15) is 5.82 Å². The van der Waals surface area contributed by atoms with E-state index in [1.54, 1.807) is 24.3 Å². The Kier molecular flexibility index (Phi) is 4.24. The Morgan fingerprint density at radius 1 is 0.958 bits per heavy atom. The number of rotatable bonds is 4. The molecule has 2 aromatic rings. The normalized spacial score (nSPS) is 13.0. The molecule has 2 aromatic carbocycles. The molecule has 0 atom stereocenters. The third kappa shape index (κ3) is 3.10. The third-order valence-electron chi connectivity index (χ3n) is 3.60. The number of benzene rings is 2. The smallest absolute Gasteiger partial charge is 0.319 e. The summed E-state index contributed by atoms with van der Waals surface area (Å²) in [7, 11) is 0. The summed E-state index contributed by atoms with van der Waals surface area (Å²) >= 11 is 0. The lowest BCUT2D eigenvalue weighted by Gasteiger charge is -2.14. The maximum atomic E-state index is 12.8. The fourth-order valence-electron chi connectivity index (χ4n) is 2.43. The predicted molar refractivity (Wildman–Crippen MR) is 85.2 cm³/mol. The Morgan fingerprint density at radius 3 is 2.12 bits per heavy atom. The summed E-state index contributed by atoms with van der Waals surface area (Å²) < 4.78 is 12.8. The zero-order chi connectivity index (χ0) is 17.1. The molecular formula is C17H14FN3O3. The maximum absolute atomic E-state index is 12.8. The summed E-state index contributed by atoms with van der Waals surface area (Å²) in [6, 6.07) is 11.4. The van der Waals surface area contributed by atoms with Gasteiger partial charge in [0, 0.05) is 18.8 Å². The number of hydrogen-bond acceptors (Lipinski definition) is 3. The van der Waals surface area contributed by atoms with Gasteiger partial charge in [-0.1, -0.05) is 12.1 Å². The van der Waals surface area contributed by atoms with Crippen molar-refractivity contribution in [2.45, 2.75) is 0 Å². The van der Waals surface area contributed by atoms with Crippen molar-refractivity contribution in [2.75, 3.05) is 18.4 Å². The van der Waals surface area contributed by atoms with Gasteiger partial charge in [0.05, 0.1) is 11.1 Å². The lowest BCUT2D eigenvalue weighted by atomic mass is 10.1. The fourth-order valence-corrected chi connectivity index (χ4v) is 2.43. The maximum Gasteiger partial charge on any atom is 0.319 e. The second kappa shape index (κ2) is 6.49. The van der Waals surface area contributed by atoms with E-state index >= 15 is 0 Å². The van der Waals surface area contributed by atoms with Crippen molar-refractivity contribution < 1.29 is 18.8 Å². The van der Waals surface area contributed by atoms with Crippen LogP contribution >= 0.6 is 0 Å². The first-order valence-electron chi connectivity index (χ1n) is 7.32. The second-order valence-electron chi connectivity index (χ2n) is 5.20. The predicted octanol–water partition coefficient (Wildman–Crippen LogP) is 2.24. The molecule has 24 heavy (non-hydrogen) atoms. The van der Waals surface area contributed by atoms with Gasteiger partial charge in [0.25, 0.3) is 11.8 Å². The van der Waals surface area contributed by atoms with E-state index in [4.69, 9.17) is 0 Å². The van der Waals surface area contributed by atoms with Crippen molar-refractivity contribution in [3.8, 4) is 0 Å². The van der Waals surface area contributed by atoms with Crippen molar-refractivity contribution >= 4 is 23.5 Å². The van der Waals surface area contributed by atoms with E-state index in [0.29, 0.717) is 16.8 Å². The molecule has 3 rings (SSSR count). The van der Waals surface area contributed by atoms with Crippen molar-refractivity contribution in [3.05, 3.63) is 65.5 Å². The molecule has 0 unspecified atom stereocenters. The lowest BCUT2D eigenvalue weighted by molar-refractivity contribution is 0.0656. The number of urea groups is 1. The SMILES string of the molecule is O=C(NCCN1C(=O)c2ccccc2C1=O)Nc1ccc(F)cc1. The van der Waals surface area contributed by atoms with Gasteiger partial charge in [-0.15, -0.1) is 0 Å². The molecule has 1 aliphatic heterocycles. The van der Waals surface area contributed by atoms with Crippen molar-refractivity contribution in [1.29, 1.82) is 0 Å². The number of anilines is 1. The molecule has 122 valence electrons. The van der Waals surface area contributed by atoms with Crippen LogP contribution in [0.15, 0.2) is 48.5 Å². The molecule has 0 aromatic heterocycles. The first-order chi connectivity index (χ1) is 11.6. The van der Waals surface area contributed by atoms with Crippen molar-refractivity contribution in [3.63, 3.8) is 0 Å². The van der Waals surface area contributed by atoms with Gasteiger partial charge in [0.15, 0.2) is 0 Å². The number of amides is 4. The second-order valence-corrected chi connectivity index (χ2v) is 5.20. The average Bonchev–Trinajstić information content (AvgIpc) is 2.82. The first-order valence-corrected chi connectivity index (χ1v) is 7.32. The highest BCUT2D eigenvalue weighted by Crippen LogP contribution is 2.21. The number of carbonyl (C=O) groups is 3. The highest BCUT2D eigenvalue weighted by molar-refractivity contribution is 6.21. The van der Waals surface area contributed by atoms with Crippen LogP contribution in [-0.4, -0.2) is 35.8 Å². The van der Waals surface area contributed by atoms with E-state index in [0.717, 1.165) is 4.90 Å². The Labute approximate surface area is 137 Å². The molecule has 4 amide bonds. The largest absolute Gasteiger partial charge is 0.336 e. The Hall–Kier alpha value is -3.22. The summed E-state index contributed by atoms with van der Waals surface area (Å²) in [4.78, 5) is 37.1. The number of imide groups is 1. The summed E-state index contributed by atoms with van der Waals surface area (Å²) in [6.07, 6.45) is 0. The molecular weight excluding hydrogens is 313 g/mol. The Bertz CT molecular complexity index is 770. The molecule has 0 bridgehead atoms. The molecule has 0 fully saturated rings. The minimum Gasteiger partial charge on any atom is -0.336 e. The zero-order valence-electron chi connectivity index (χ0n) is 12.6. The van der Waals surface area contributed by atoms with E-state index in [1.165, 1.54) is 24.3 Å². The summed E-state index contributed by atoms with van der Waals surface area (Å²) in [5.41, 5.74) is 1.19. The zero-order valence-corrected chi connectivity index (χ0v) is 12.6. The lowest BCUT2D eigenvalue weighted by Crippen LogP contribution is -2.39. The topological polar surface area (TPSA) is 78.5 Å². The van der Waals surface area contributed by atoms with Gasteiger partial charge in [-0.25, -0.2) is 9.18 Å². The van der Waals surface area contributed by atoms with Crippen LogP contribution < -0.4 is 10.6 Å². The van der Waals surface area contributed by atoms with Gasteiger partial charge in [-0.05, 0) is 36.4 Å². The van der Waals surface area contributed by atoms with Gasteiger partial charge < -0.3 is 10.6 Å². The van der Waals surface area contributed by atoms with Crippen LogP contribution in [0, 0.1) is 5.82 Å². The molecule has 6 nitrogen and oxygen atoms in total. The molecule has 0 spiro atoms. The average molecular weight is 327 g/mol. The van der Waals surface area contributed by atoms with Crippen LogP contribution in [0.25, 0.3) is 0 Å². The molecule has 2 N–H and O–H groups in total. The van der Waals surface area contributed by atoms with E-state index < -0.39 is 11.8 Å². The highest BCUT2D eigenvalue weighted by Gasteiger charge is 2.34. The molecule has 7 heteroatoms. The Balaban J connectivity index is 1.52. The number of nitrogens with one attached hydrogen (secondary N) is 2. The number of hydrogen-bond donors (Lipinski definition) is 2. The van der Waals surface area contributed by atoms with Crippen LogP contribution in [0.4, 0.5) is 14.9 Å². The molecule has 0 saturated carbocycles. The number of carbonyl (C=O) groups excluding carboxylic acids is 3. The van der Waals surface area contributed by atoms with E-state index in [-0.39, 0.29) is 24.9 Å². The molecule has 0 saturated heterocycles. The highest BCUT2D eigenvalue weighted by atomic mass is 19.1. The van der Waals surface area contributed by atoms with Crippen LogP contribution in [0.2, 0.25) is 0 Å². The number of fused-ring (bicyclic) bond motifs is 1. The van der Waals surface area contributed by atoms with Crippen LogP contribution in [0.3, 0.4) is 0 Å². The van der Waals surface area contributed by atoms with Crippen molar-refractivity contribution in [1.82, 2.24) is 10.2 Å². The van der Waals surface area contributed by atoms with E-state index in [1.807, 2.05) is 0 Å². The number of halogens is 1. The van der Waals surface area contributed by atoms with Crippen LogP contribution in [0.5, 0.6) is 0 Å². The molecule has 1 aliphatic rings. The summed E-state index contributed by atoms with van der Waals surface area (Å²) in [5.74, 6) is -1.13. The third-order valence-corrected chi connectivity index (χ3v) is 3.60. The van der Waals surface area contributed by atoms with Crippen LogP contribution in [-0.2, 0) is 0 Å². The fraction of sp³-hybridized carbons (Fsp3) is 0.118. The van der Waals surface area contributed by atoms with Crippen molar-refractivity contribution in [2.24, 2.45) is 0 Å². The summed E-state index contributed by atoms with van der Waals surface area (Å²) in [5, 5.41) is 5.08.